The molecule has 1 saturated heterocycles. The first-order valence-electron chi connectivity index (χ1n) is 3.64. The van der Waals surface area contributed by atoms with Crippen LogP contribution in [0.2, 0.25) is 0 Å². The van der Waals surface area contributed by atoms with Crippen LogP contribution in [0.15, 0.2) is 23.9 Å². The lowest BCUT2D eigenvalue weighted by atomic mass is 9.95. The van der Waals surface area contributed by atoms with Gasteiger partial charge in [0.05, 0.1) is 0 Å². The molecule has 3 nitrogen and oxygen atoms in total. The molecule has 0 spiro atoms. The van der Waals surface area contributed by atoms with Crippen molar-refractivity contribution in [3.8, 4) is 0 Å². The van der Waals surface area contributed by atoms with E-state index in [2.05, 4.69) is 5.32 Å². The number of rotatable bonds is 0. The van der Waals surface area contributed by atoms with Gasteiger partial charge in [-0.1, -0.05) is 12.2 Å². The zero-order chi connectivity index (χ0) is 7.84. The number of allylic oxidation sites excluding steroid dienone is 3. The maximum absolute atomic E-state index is 10.9. The van der Waals surface area contributed by atoms with Crippen molar-refractivity contribution in [1.82, 2.24) is 5.32 Å². The standard InChI is InChI=1S/C8H9NO2/c10-7-5-3-1-2-4-6(5)9-8(7)11/h1-2,4-5,7,10H,3H2,(H,9,11). The summed E-state index contributed by atoms with van der Waals surface area (Å²) in [5.41, 5.74) is 0.852. The predicted octanol–water partition coefficient (Wildman–Crippen LogP) is -0.0629. The van der Waals surface area contributed by atoms with Crippen molar-refractivity contribution in [1.29, 1.82) is 0 Å². The third-order valence-corrected chi connectivity index (χ3v) is 2.12. The molecule has 1 fully saturated rings. The molecule has 2 N–H and O–H groups in total. The minimum Gasteiger partial charge on any atom is -0.383 e. The zero-order valence-electron chi connectivity index (χ0n) is 5.95. The number of carbonyl (C=O) groups excluding carboxylic acids is 1. The Kier molecular flexibility index (Phi) is 1.32. The van der Waals surface area contributed by atoms with Gasteiger partial charge in [0, 0.05) is 11.6 Å². The largest absolute Gasteiger partial charge is 0.383 e. The normalized spacial score (nSPS) is 34.6. The molecule has 11 heavy (non-hydrogen) atoms. The molecule has 3 heteroatoms. The molecule has 1 heterocycles. The van der Waals surface area contributed by atoms with Crippen LogP contribution in [0.5, 0.6) is 0 Å². The lowest BCUT2D eigenvalue weighted by Crippen LogP contribution is -2.24. The van der Waals surface area contributed by atoms with Crippen LogP contribution in [0, 0.1) is 5.92 Å². The van der Waals surface area contributed by atoms with Gasteiger partial charge in [0.15, 0.2) is 0 Å². The van der Waals surface area contributed by atoms with Crippen LogP contribution in [0.3, 0.4) is 0 Å². The number of hydrogen-bond acceptors (Lipinski definition) is 2. The molecule has 1 aliphatic heterocycles. The van der Waals surface area contributed by atoms with E-state index in [1.165, 1.54) is 0 Å². The highest BCUT2D eigenvalue weighted by Gasteiger charge is 2.36. The van der Waals surface area contributed by atoms with Crippen molar-refractivity contribution in [2.24, 2.45) is 5.92 Å². The van der Waals surface area contributed by atoms with Gasteiger partial charge in [0.1, 0.15) is 6.10 Å². The second-order valence-corrected chi connectivity index (χ2v) is 2.83. The van der Waals surface area contributed by atoms with Crippen molar-refractivity contribution in [3.05, 3.63) is 23.9 Å². The number of nitrogens with one attached hydrogen (secondary N) is 1. The summed E-state index contributed by atoms with van der Waals surface area (Å²) >= 11 is 0. The van der Waals surface area contributed by atoms with Crippen molar-refractivity contribution in [2.45, 2.75) is 12.5 Å². The fraction of sp³-hybridized carbons (Fsp3) is 0.375. The van der Waals surface area contributed by atoms with E-state index in [1.807, 2.05) is 18.2 Å². The van der Waals surface area contributed by atoms with Gasteiger partial charge in [-0.25, -0.2) is 0 Å². The Balaban J connectivity index is 2.30. The summed E-state index contributed by atoms with van der Waals surface area (Å²) < 4.78 is 0. The van der Waals surface area contributed by atoms with Crippen LogP contribution < -0.4 is 5.32 Å². The minimum atomic E-state index is -0.841. The van der Waals surface area contributed by atoms with Gasteiger partial charge in [-0.3, -0.25) is 4.79 Å². The summed E-state index contributed by atoms with van der Waals surface area (Å²) in [6.45, 7) is 0. The van der Waals surface area contributed by atoms with Gasteiger partial charge in [0.25, 0.3) is 5.91 Å². The SMILES string of the molecule is O=C1NC2=CC=CCC2C1O. The lowest BCUT2D eigenvalue weighted by Gasteiger charge is -2.12. The number of carbonyl (C=O) groups is 1. The first kappa shape index (κ1) is 6.61. The minimum absolute atomic E-state index is 0.0208. The molecule has 0 aromatic carbocycles. The summed E-state index contributed by atoms with van der Waals surface area (Å²) in [7, 11) is 0. The molecule has 58 valence electrons. The monoisotopic (exact) mass is 151 g/mol. The highest BCUT2D eigenvalue weighted by molar-refractivity contribution is 5.86. The Morgan fingerprint density at radius 3 is 3.18 bits per heavy atom. The number of fused-ring (bicyclic) bond motifs is 1. The Hall–Kier alpha value is -1.09. The molecule has 1 aliphatic carbocycles. The molecule has 2 aliphatic rings. The average molecular weight is 151 g/mol. The van der Waals surface area contributed by atoms with E-state index in [4.69, 9.17) is 0 Å². The van der Waals surface area contributed by atoms with E-state index in [1.54, 1.807) is 0 Å². The second-order valence-electron chi connectivity index (χ2n) is 2.83. The third kappa shape index (κ3) is 0.886. The molecular formula is C8H9NO2. The number of hydrogen-bond donors (Lipinski definition) is 2. The predicted molar refractivity (Wildman–Crippen MR) is 39.5 cm³/mol. The highest BCUT2D eigenvalue weighted by atomic mass is 16.3. The van der Waals surface area contributed by atoms with E-state index >= 15 is 0 Å². The third-order valence-electron chi connectivity index (χ3n) is 2.12. The number of aliphatic hydroxyl groups is 1. The van der Waals surface area contributed by atoms with Crippen LogP contribution in [0.1, 0.15) is 6.42 Å². The molecule has 1 amide bonds. The van der Waals surface area contributed by atoms with E-state index in [-0.39, 0.29) is 11.8 Å². The molecule has 0 bridgehead atoms. The van der Waals surface area contributed by atoms with Crippen LogP contribution in [-0.4, -0.2) is 17.1 Å². The van der Waals surface area contributed by atoms with Gasteiger partial charge in [-0.15, -0.1) is 0 Å². The maximum Gasteiger partial charge on any atom is 0.253 e. The molecule has 0 radical (unpaired) electrons. The van der Waals surface area contributed by atoms with Crippen molar-refractivity contribution in [2.75, 3.05) is 0 Å². The topological polar surface area (TPSA) is 49.3 Å². The second kappa shape index (κ2) is 2.20. The zero-order valence-corrected chi connectivity index (χ0v) is 5.95. The fourth-order valence-electron chi connectivity index (χ4n) is 1.48. The Morgan fingerprint density at radius 1 is 1.64 bits per heavy atom. The van der Waals surface area contributed by atoms with Gasteiger partial charge < -0.3 is 10.4 Å². The first-order chi connectivity index (χ1) is 5.29. The van der Waals surface area contributed by atoms with Gasteiger partial charge >= 0.3 is 0 Å². The molecule has 2 rings (SSSR count). The molecule has 0 aromatic rings. The number of aliphatic hydroxyl groups excluding tert-OH is 1. The first-order valence-corrected chi connectivity index (χ1v) is 3.64. The van der Waals surface area contributed by atoms with E-state index in [0.717, 1.165) is 12.1 Å². The quantitative estimate of drug-likeness (QED) is 0.509. The van der Waals surface area contributed by atoms with E-state index in [0.29, 0.717) is 0 Å². The summed E-state index contributed by atoms with van der Waals surface area (Å²) in [6.07, 6.45) is 5.60. The Bertz CT molecular complexity index is 255. The summed E-state index contributed by atoms with van der Waals surface area (Å²) in [5.74, 6) is -0.294. The van der Waals surface area contributed by atoms with Gasteiger partial charge in [-0.05, 0) is 12.5 Å². The van der Waals surface area contributed by atoms with Crippen LogP contribution in [0.25, 0.3) is 0 Å². The molecule has 2 unspecified atom stereocenters. The van der Waals surface area contributed by atoms with Crippen LogP contribution in [0.4, 0.5) is 0 Å². The molecule has 0 aromatic heterocycles. The maximum atomic E-state index is 10.9. The van der Waals surface area contributed by atoms with Crippen LogP contribution in [-0.2, 0) is 4.79 Å². The number of amides is 1. The van der Waals surface area contributed by atoms with Crippen molar-refractivity contribution < 1.29 is 9.90 Å². The Labute approximate surface area is 64.4 Å². The van der Waals surface area contributed by atoms with Crippen molar-refractivity contribution in [3.63, 3.8) is 0 Å². The highest BCUT2D eigenvalue weighted by Crippen LogP contribution is 2.27. The lowest BCUT2D eigenvalue weighted by molar-refractivity contribution is -0.127. The average Bonchev–Trinajstić information content (AvgIpc) is 2.30. The van der Waals surface area contributed by atoms with E-state index < -0.39 is 6.10 Å². The molecule has 2 atom stereocenters. The van der Waals surface area contributed by atoms with Crippen molar-refractivity contribution >= 4 is 5.91 Å². The molecule has 0 saturated carbocycles. The Morgan fingerprint density at radius 2 is 2.45 bits per heavy atom. The fourth-order valence-corrected chi connectivity index (χ4v) is 1.48. The summed E-state index contributed by atoms with van der Waals surface area (Å²) in [6, 6.07) is 0. The van der Waals surface area contributed by atoms with Gasteiger partial charge in [-0.2, -0.15) is 0 Å². The summed E-state index contributed by atoms with van der Waals surface area (Å²) in [4.78, 5) is 10.9. The van der Waals surface area contributed by atoms with E-state index in [9.17, 15) is 9.90 Å². The van der Waals surface area contributed by atoms with Gasteiger partial charge in [0.2, 0.25) is 0 Å². The summed E-state index contributed by atoms with van der Waals surface area (Å²) in [5, 5.41) is 11.9. The molecular weight excluding hydrogens is 142 g/mol. The smallest absolute Gasteiger partial charge is 0.253 e. The van der Waals surface area contributed by atoms with Crippen LogP contribution >= 0.6 is 0 Å².